The maximum absolute atomic E-state index is 13.4. The predicted molar refractivity (Wildman–Crippen MR) is 374 cm³/mol. The zero-order valence-corrected chi connectivity index (χ0v) is 59.4. The number of hydrogen-bond acceptors (Lipinski definition) is 18. The highest BCUT2D eigenvalue weighted by Gasteiger charge is 2.53. The van der Waals surface area contributed by atoms with Gasteiger partial charge in [0.2, 0.25) is 5.91 Å². The minimum absolute atomic E-state index is 0.236. The number of aliphatic hydroxyl groups excluding tert-OH is 11. The number of amides is 1. The first kappa shape index (κ1) is 87.2. The Morgan fingerprint density at radius 2 is 0.674 bits per heavy atom. The summed E-state index contributed by atoms with van der Waals surface area (Å²) >= 11 is 0. The van der Waals surface area contributed by atoms with Gasteiger partial charge >= 0.3 is 0 Å². The molecule has 0 aromatic rings. The topological polar surface area (TPSA) is 307 Å². The molecule has 3 rings (SSSR count). The standard InChI is InChI=1S/C76H141NO18/c1-3-5-7-9-11-13-15-17-18-19-20-21-22-23-24-25-26-27-28-29-30-31-32-33-34-35-36-37-38-39-40-42-44-46-48-50-52-54-64(82)77-59(60(81)53-51-49-47-45-43-41-16-14-12-10-8-6-4-2)58-90-74-70(88)67(85)72(62(56-79)92-74)95-76-71(89)68(86)73(63(57-80)93-76)94-75-69(87)66(84)65(83)61(55-78)91-75/h12,14,43,45,51,53,59-63,65-76,78-81,83-89H,3-11,13,15-42,44,46-50,52,54-58H2,1-2H3,(H,77,82)/b14-12+,45-43+,53-51+. The van der Waals surface area contributed by atoms with Crippen LogP contribution in [0.2, 0.25) is 0 Å². The lowest BCUT2D eigenvalue weighted by Crippen LogP contribution is -2.66. The zero-order valence-electron chi connectivity index (χ0n) is 59.4. The van der Waals surface area contributed by atoms with Gasteiger partial charge in [-0.05, 0) is 44.9 Å². The van der Waals surface area contributed by atoms with Crippen LogP contribution in [0, 0.1) is 0 Å². The molecule has 3 saturated heterocycles. The van der Waals surface area contributed by atoms with Gasteiger partial charge in [-0.2, -0.15) is 0 Å². The molecule has 0 radical (unpaired) electrons. The highest BCUT2D eigenvalue weighted by Crippen LogP contribution is 2.33. The van der Waals surface area contributed by atoms with Gasteiger partial charge in [0.05, 0.1) is 38.6 Å². The van der Waals surface area contributed by atoms with E-state index in [-0.39, 0.29) is 18.9 Å². The molecule has 0 spiro atoms. The summed E-state index contributed by atoms with van der Waals surface area (Å²) in [5, 5.41) is 120. The molecule has 0 saturated carbocycles. The van der Waals surface area contributed by atoms with Gasteiger partial charge in [0.1, 0.15) is 73.2 Å². The molecule has 3 fully saturated rings. The first-order valence-electron chi connectivity index (χ1n) is 38.7. The summed E-state index contributed by atoms with van der Waals surface area (Å²) in [6.45, 7) is 1.70. The maximum Gasteiger partial charge on any atom is 0.220 e. The van der Waals surface area contributed by atoms with Gasteiger partial charge in [0.25, 0.3) is 0 Å². The van der Waals surface area contributed by atoms with Crippen molar-refractivity contribution in [2.45, 2.75) is 413 Å². The summed E-state index contributed by atoms with van der Waals surface area (Å²) < 4.78 is 34.3. The second kappa shape index (κ2) is 57.6. The third-order valence-corrected chi connectivity index (χ3v) is 19.4. The first-order chi connectivity index (χ1) is 46.3. The Morgan fingerprint density at radius 1 is 0.368 bits per heavy atom. The molecule has 19 heteroatoms. The normalized spacial score (nSPS) is 27.4. The summed E-state index contributed by atoms with van der Waals surface area (Å²) in [7, 11) is 0. The fraction of sp³-hybridized carbons (Fsp3) is 0.908. The Balaban J connectivity index is 1.30. The van der Waals surface area contributed by atoms with E-state index in [4.69, 9.17) is 28.4 Å². The maximum atomic E-state index is 13.4. The minimum atomic E-state index is -1.98. The number of unbranched alkanes of at least 4 members (excludes halogenated alkanes) is 41. The van der Waals surface area contributed by atoms with Gasteiger partial charge < -0.3 is 89.9 Å². The first-order valence-corrected chi connectivity index (χ1v) is 38.7. The smallest absolute Gasteiger partial charge is 0.220 e. The number of nitrogens with one attached hydrogen (secondary N) is 1. The van der Waals surface area contributed by atoms with Crippen molar-refractivity contribution in [1.29, 1.82) is 0 Å². The largest absolute Gasteiger partial charge is 0.394 e. The van der Waals surface area contributed by atoms with E-state index in [1.165, 1.54) is 231 Å². The van der Waals surface area contributed by atoms with Crippen LogP contribution in [0.3, 0.4) is 0 Å². The number of carbonyl (C=O) groups excluding carboxylic acids is 1. The average Bonchev–Trinajstić information content (AvgIpc) is 0.787. The highest BCUT2D eigenvalue weighted by atomic mass is 16.8. The van der Waals surface area contributed by atoms with E-state index < -0.39 is 124 Å². The number of allylic oxidation sites excluding steroid dienone is 5. The molecule has 17 unspecified atom stereocenters. The van der Waals surface area contributed by atoms with Crippen molar-refractivity contribution in [1.82, 2.24) is 5.32 Å². The number of rotatable bonds is 61. The number of carbonyl (C=O) groups is 1. The Labute approximate surface area is 574 Å². The number of aliphatic hydroxyl groups is 11. The van der Waals surface area contributed by atoms with E-state index in [0.717, 1.165) is 44.9 Å². The molecule has 3 heterocycles. The molecular weight excluding hydrogens is 1210 g/mol. The van der Waals surface area contributed by atoms with Crippen molar-refractivity contribution in [3.8, 4) is 0 Å². The SMILES string of the molecule is CCCCC/C=C/CC/C=C/CC/C=C/C(O)C(COC1OC(CO)C(OC2OC(CO)C(OC3OC(CO)C(O)C(O)C3O)C(O)C2O)C(O)C1O)NC(=O)CCCCCCCCCCCCCCCCCCCCCCCCCCCCCCCCCCCCCCC. The van der Waals surface area contributed by atoms with Crippen molar-refractivity contribution in [3.05, 3.63) is 36.5 Å². The van der Waals surface area contributed by atoms with Crippen molar-refractivity contribution in [2.24, 2.45) is 0 Å². The van der Waals surface area contributed by atoms with Crippen LogP contribution in [0.5, 0.6) is 0 Å². The minimum Gasteiger partial charge on any atom is -0.394 e. The summed E-state index contributed by atoms with van der Waals surface area (Å²) in [6.07, 6.45) is 43.3. The van der Waals surface area contributed by atoms with Gasteiger partial charge in [-0.15, -0.1) is 0 Å². The van der Waals surface area contributed by atoms with Gasteiger partial charge in [-0.3, -0.25) is 4.79 Å². The molecule has 17 atom stereocenters. The van der Waals surface area contributed by atoms with Crippen LogP contribution in [0.1, 0.15) is 309 Å². The molecule has 0 aromatic heterocycles. The van der Waals surface area contributed by atoms with Gasteiger partial charge in [-0.1, -0.05) is 294 Å². The zero-order chi connectivity index (χ0) is 68.9. The van der Waals surface area contributed by atoms with Crippen LogP contribution in [-0.2, 0) is 33.2 Å². The Hall–Kier alpha value is -1.99. The number of ether oxygens (including phenoxy) is 6. The molecule has 3 aliphatic rings. The molecule has 3 aliphatic heterocycles. The Kier molecular flexibility index (Phi) is 52.9. The monoisotopic (exact) mass is 1360 g/mol. The lowest BCUT2D eigenvalue weighted by atomic mass is 9.96. The fourth-order valence-corrected chi connectivity index (χ4v) is 13.2. The molecule has 1 amide bonds. The van der Waals surface area contributed by atoms with E-state index in [1.807, 2.05) is 6.08 Å². The van der Waals surface area contributed by atoms with E-state index in [2.05, 4.69) is 43.5 Å². The van der Waals surface area contributed by atoms with Gasteiger partial charge in [0.15, 0.2) is 18.9 Å². The van der Waals surface area contributed by atoms with E-state index in [0.29, 0.717) is 12.8 Å². The van der Waals surface area contributed by atoms with Crippen molar-refractivity contribution in [3.63, 3.8) is 0 Å². The van der Waals surface area contributed by atoms with Crippen LogP contribution < -0.4 is 5.32 Å². The molecular formula is C76H141NO18. The van der Waals surface area contributed by atoms with Crippen molar-refractivity contribution < 1.29 is 89.4 Å². The second-order valence-electron chi connectivity index (χ2n) is 27.8. The van der Waals surface area contributed by atoms with Crippen molar-refractivity contribution in [2.75, 3.05) is 26.4 Å². The Morgan fingerprint density at radius 3 is 1.05 bits per heavy atom. The fourth-order valence-electron chi connectivity index (χ4n) is 13.2. The summed E-state index contributed by atoms with van der Waals surface area (Å²) in [4.78, 5) is 13.4. The van der Waals surface area contributed by atoms with Crippen LogP contribution in [-0.4, -0.2) is 193 Å². The molecule has 12 N–H and O–H groups in total. The molecule has 558 valence electrons. The lowest BCUT2D eigenvalue weighted by molar-refractivity contribution is -0.379. The summed E-state index contributed by atoms with van der Waals surface area (Å²) in [5.41, 5.74) is 0. The quantitative estimate of drug-likeness (QED) is 0.0199. The van der Waals surface area contributed by atoms with Crippen molar-refractivity contribution >= 4 is 5.91 Å². The number of hydrogen-bond donors (Lipinski definition) is 12. The lowest BCUT2D eigenvalue weighted by Gasteiger charge is -2.48. The highest BCUT2D eigenvalue weighted by molar-refractivity contribution is 5.76. The molecule has 19 nitrogen and oxygen atoms in total. The average molecular weight is 1360 g/mol. The van der Waals surface area contributed by atoms with E-state index in [9.17, 15) is 61.0 Å². The van der Waals surface area contributed by atoms with Crippen LogP contribution >= 0.6 is 0 Å². The molecule has 0 bridgehead atoms. The van der Waals surface area contributed by atoms with E-state index in [1.54, 1.807) is 6.08 Å². The van der Waals surface area contributed by atoms with Gasteiger partial charge in [0, 0.05) is 6.42 Å². The molecule has 95 heavy (non-hydrogen) atoms. The summed E-state index contributed by atoms with van der Waals surface area (Å²) in [5.74, 6) is -0.285. The molecule has 0 aromatic carbocycles. The molecule has 0 aliphatic carbocycles. The van der Waals surface area contributed by atoms with Crippen LogP contribution in [0.15, 0.2) is 36.5 Å². The summed E-state index contributed by atoms with van der Waals surface area (Å²) in [6, 6.07) is -0.994. The second-order valence-corrected chi connectivity index (χ2v) is 27.8. The van der Waals surface area contributed by atoms with E-state index >= 15 is 0 Å². The van der Waals surface area contributed by atoms with Crippen LogP contribution in [0.4, 0.5) is 0 Å². The predicted octanol–water partition coefficient (Wildman–Crippen LogP) is 11.9. The van der Waals surface area contributed by atoms with Gasteiger partial charge in [-0.25, -0.2) is 0 Å². The Bertz CT molecular complexity index is 1860. The third kappa shape index (κ3) is 38.6. The van der Waals surface area contributed by atoms with Crippen LogP contribution in [0.25, 0.3) is 0 Å². The third-order valence-electron chi connectivity index (χ3n) is 19.4.